The number of nitrogens with two attached hydrogens (primary N) is 1. The van der Waals surface area contributed by atoms with Crippen LogP contribution in [0.1, 0.15) is 31.0 Å². The van der Waals surface area contributed by atoms with Gasteiger partial charge >= 0.3 is 0 Å². The molecular formula is C18H20N6O2S. The first kappa shape index (κ1) is 18.9. The zero-order chi connectivity index (χ0) is 19.2. The van der Waals surface area contributed by atoms with Crippen LogP contribution in [0.15, 0.2) is 35.5 Å². The van der Waals surface area contributed by atoms with Gasteiger partial charge in [-0.1, -0.05) is 30.0 Å². The van der Waals surface area contributed by atoms with Gasteiger partial charge in [0.15, 0.2) is 5.16 Å². The van der Waals surface area contributed by atoms with Crippen LogP contribution in [0.5, 0.6) is 0 Å². The van der Waals surface area contributed by atoms with Gasteiger partial charge in [-0.2, -0.15) is 5.26 Å². The number of nitriles is 1. The summed E-state index contributed by atoms with van der Waals surface area (Å²) in [6.45, 7) is 0.385. The maximum Gasteiger partial charge on any atom is 0.238 e. The van der Waals surface area contributed by atoms with Crippen LogP contribution < -0.4 is 10.6 Å². The largest absolute Gasteiger partial charge is 0.370 e. The lowest BCUT2D eigenvalue weighted by Crippen LogP contribution is -2.32. The molecule has 0 spiro atoms. The molecule has 1 heterocycles. The molecular weight excluding hydrogens is 364 g/mol. The van der Waals surface area contributed by atoms with E-state index in [4.69, 9.17) is 11.0 Å². The molecule has 2 amide bonds. The highest BCUT2D eigenvalue weighted by Gasteiger charge is 2.30. The van der Waals surface area contributed by atoms with Crippen molar-refractivity contribution in [3.05, 3.63) is 36.2 Å². The van der Waals surface area contributed by atoms with Crippen molar-refractivity contribution in [3.8, 4) is 6.07 Å². The highest BCUT2D eigenvalue weighted by atomic mass is 32.2. The summed E-state index contributed by atoms with van der Waals surface area (Å²) < 4.78 is 1.89. The number of amides is 2. The van der Waals surface area contributed by atoms with Gasteiger partial charge in [0.25, 0.3) is 0 Å². The van der Waals surface area contributed by atoms with Crippen molar-refractivity contribution in [2.45, 2.75) is 36.9 Å². The Kier molecular flexibility index (Phi) is 6.08. The van der Waals surface area contributed by atoms with Crippen LogP contribution in [0.2, 0.25) is 0 Å². The van der Waals surface area contributed by atoms with E-state index in [1.165, 1.54) is 16.7 Å². The summed E-state index contributed by atoms with van der Waals surface area (Å²) in [5.41, 5.74) is 5.95. The Bertz CT molecular complexity index is 856. The average molecular weight is 384 g/mol. The number of nitrogens with zero attached hydrogens (tertiary/aromatic N) is 5. The van der Waals surface area contributed by atoms with E-state index in [1.807, 2.05) is 28.8 Å². The predicted molar refractivity (Wildman–Crippen MR) is 101 cm³/mol. The third kappa shape index (κ3) is 4.86. The van der Waals surface area contributed by atoms with Crippen LogP contribution in [0.25, 0.3) is 0 Å². The highest BCUT2D eigenvalue weighted by molar-refractivity contribution is 7.99. The van der Waals surface area contributed by atoms with E-state index in [-0.39, 0.29) is 30.5 Å². The second-order valence-corrected chi connectivity index (χ2v) is 7.19. The number of aromatic nitrogens is 3. The Hall–Kier alpha value is -2.86. The van der Waals surface area contributed by atoms with Gasteiger partial charge in [-0.25, -0.2) is 0 Å². The number of primary amides is 1. The van der Waals surface area contributed by atoms with Crippen molar-refractivity contribution in [2.75, 3.05) is 17.2 Å². The molecule has 3 rings (SSSR count). The number of rotatable bonds is 9. The summed E-state index contributed by atoms with van der Waals surface area (Å²) in [6.07, 6.45) is 2.31. The molecule has 1 aliphatic rings. The average Bonchev–Trinajstić information content (AvgIpc) is 3.43. The third-order valence-electron chi connectivity index (χ3n) is 4.19. The first-order valence-corrected chi connectivity index (χ1v) is 9.65. The van der Waals surface area contributed by atoms with Crippen LogP contribution in [-0.4, -0.2) is 38.9 Å². The van der Waals surface area contributed by atoms with Gasteiger partial charge in [-0.05, 0) is 25.0 Å². The number of para-hydroxylation sites is 1. The second-order valence-electron chi connectivity index (χ2n) is 6.25. The van der Waals surface area contributed by atoms with Gasteiger partial charge in [0, 0.05) is 24.6 Å². The molecule has 2 N–H and O–H groups in total. The molecule has 0 radical (unpaired) electrons. The minimum absolute atomic E-state index is 0.0227. The van der Waals surface area contributed by atoms with Gasteiger partial charge in [0.05, 0.1) is 11.8 Å². The van der Waals surface area contributed by atoms with E-state index in [1.54, 1.807) is 12.1 Å². The topological polar surface area (TPSA) is 118 Å². The van der Waals surface area contributed by atoms with Gasteiger partial charge in [-0.15, -0.1) is 10.2 Å². The first-order chi connectivity index (χ1) is 13.1. The molecule has 0 bridgehead atoms. The standard InChI is InChI=1S/C18H20N6O2S/c19-9-11-23(14-4-2-1-3-5-14)16(26)12-27-18-22-21-17(13-6-7-13)24(18)10-8-15(20)25/h1-5,13H,6-8,10-12H2,(H2,20,25). The molecule has 0 unspecified atom stereocenters. The maximum absolute atomic E-state index is 12.7. The van der Waals surface area contributed by atoms with Crippen molar-refractivity contribution in [1.29, 1.82) is 5.26 Å². The zero-order valence-electron chi connectivity index (χ0n) is 14.7. The Morgan fingerprint density at radius 1 is 1.30 bits per heavy atom. The van der Waals surface area contributed by atoms with Gasteiger partial charge in [-0.3, -0.25) is 14.5 Å². The minimum atomic E-state index is -0.387. The molecule has 140 valence electrons. The molecule has 0 aliphatic heterocycles. The molecule has 0 atom stereocenters. The predicted octanol–water partition coefficient (Wildman–Crippen LogP) is 1.68. The van der Waals surface area contributed by atoms with E-state index < -0.39 is 0 Å². The van der Waals surface area contributed by atoms with Crippen LogP contribution >= 0.6 is 11.8 Å². The van der Waals surface area contributed by atoms with Crippen molar-refractivity contribution in [2.24, 2.45) is 5.73 Å². The molecule has 1 aliphatic carbocycles. The van der Waals surface area contributed by atoms with Crippen LogP contribution in [-0.2, 0) is 16.1 Å². The summed E-state index contributed by atoms with van der Waals surface area (Å²) in [6, 6.07) is 11.1. The maximum atomic E-state index is 12.7. The summed E-state index contributed by atoms with van der Waals surface area (Å²) in [5.74, 6) is 0.764. The number of hydrogen-bond acceptors (Lipinski definition) is 6. The fraction of sp³-hybridized carbons (Fsp3) is 0.389. The molecule has 2 aromatic rings. The zero-order valence-corrected chi connectivity index (χ0v) is 15.6. The molecule has 0 saturated heterocycles. The summed E-state index contributed by atoms with van der Waals surface area (Å²) >= 11 is 1.26. The fourth-order valence-corrected chi connectivity index (χ4v) is 3.54. The molecule has 1 aromatic heterocycles. The highest BCUT2D eigenvalue weighted by Crippen LogP contribution is 2.40. The normalized spacial score (nSPS) is 13.1. The Labute approximate surface area is 161 Å². The molecule has 1 aromatic carbocycles. The number of thioether (sulfide) groups is 1. The fourth-order valence-electron chi connectivity index (χ4n) is 2.69. The Morgan fingerprint density at radius 2 is 2.04 bits per heavy atom. The SMILES string of the molecule is N#CCN(C(=O)CSc1nnc(C2CC2)n1CCC(N)=O)c1ccccc1. The molecule has 8 nitrogen and oxygen atoms in total. The monoisotopic (exact) mass is 384 g/mol. The first-order valence-electron chi connectivity index (χ1n) is 8.66. The number of hydrogen-bond donors (Lipinski definition) is 1. The van der Waals surface area contributed by atoms with Gasteiger partial charge in [0.1, 0.15) is 12.4 Å². The lowest BCUT2D eigenvalue weighted by molar-refractivity contribution is -0.118. The molecule has 1 saturated carbocycles. The Balaban J connectivity index is 1.70. The molecule has 1 fully saturated rings. The number of anilines is 1. The van der Waals surface area contributed by atoms with E-state index in [2.05, 4.69) is 10.2 Å². The minimum Gasteiger partial charge on any atom is -0.370 e. The second kappa shape index (κ2) is 8.68. The van der Waals surface area contributed by atoms with E-state index in [0.29, 0.717) is 23.3 Å². The number of carbonyl (C=O) groups is 2. The van der Waals surface area contributed by atoms with Gasteiger partial charge in [0.2, 0.25) is 11.8 Å². The molecule has 27 heavy (non-hydrogen) atoms. The summed E-state index contributed by atoms with van der Waals surface area (Å²) in [5, 5.41) is 18.1. The van der Waals surface area contributed by atoms with E-state index >= 15 is 0 Å². The van der Waals surface area contributed by atoms with Crippen molar-refractivity contribution in [3.63, 3.8) is 0 Å². The quantitative estimate of drug-likeness (QED) is 0.519. The molecule has 9 heteroatoms. The van der Waals surface area contributed by atoms with Crippen LogP contribution in [0, 0.1) is 11.3 Å². The van der Waals surface area contributed by atoms with Gasteiger partial charge < -0.3 is 10.3 Å². The lowest BCUT2D eigenvalue weighted by atomic mass is 10.3. The smallest absolute Gasteiger partial charge is 0.238 e. The van der Waals surface area contributed by atoms with Crippen molar-refractivity contribution < 1.29 is 9.59 Å². The number of benzene rings is 1. The Morgan fingerprint density at radius 3 is 2.67 bits per heavy atom. The van der Waals surface area contributed by atoms with Crippen LogP contribution in [0.3, 0.4) is 0 Å². The summed E-state index contributed by atoms with van der Waals surface area (Å²) in [7, 11) is 0. The lowest BCUT2D eigenvalue weighted by Gasteiger charge is -2.19. The number of carbonyl (C=O) groups excluding carboxylic acids is 2. The third-order valence-corrected chi connectivity index (χ3v) is 5.14. The van der Waals surface area contributed by atoms with E-state index in [9.17, 15) is 9.59 Å². The van der Waals surface area contributed by atoms with Crippen molar-refractivity contribution >= 4 is 29.3 Å². The van der Waals surface area contributed by atoms with Crippen LogP contribution in [0.4, 0.5) is 5.69 Å². The summed E-state index contributed by atoms with van der Waals surface area (Å²) in [4.78, 5) is 25.3. The van der Waals surface area contributed by atoms with E-state index in [0.717, 1.165) is 18.7 Å². The van der Waals surface area contributed by atoms with Crippen molar-refractivity contribution in [1.82, 2.24) is 14.8 Å².